The number of carbonyl (C=O) groups is 1. The van der Waals surface area contributed by atoms with Crippen LogP contribution in [0.2, 0.25) is 5.02 Å². The van der Waals surface area contributed by atoms with Gasteiger partial charge in [0.15, 0.2) is 5.82 Å². The van der Waals surface area contributed by atoms with Crippen LogP contribution in [0.1, 0.15) is 16.1 Å². The van der Waals surface area contributed by atoms with E-state index in [4.69, 9.17) is 16.0 Å². The van der Waals surface area contributed by atoms with Crippen LogP contribution in [-0.2, 0) is 0 Å². The molecule has 134 valence electrons. The van der Waals surface area contributed by atoms with Crippen LogP contribution in [0.5, 0.6) is 0 Å². The van der Waals surface area contributed by atoms with Crippen molar-refractivity contribution in [1.82, 2.24) is 10.2 Å². The van der Waals surface area contributed by atoms with Gasteiger partial charge in [0, 0.05) is 16.7 Å². The Labute approximate surface area is 161 Å². The molecule has 0 radical (unpaired) electrons. The highest BCUT2D eigenvalue weighted by atomic mass is 35.5. The van der Waals surface area contributed by atoms with E-state index in [9.17, 15) is 4.79 Å². The number of hydrogen-bond donors (Lipinski definition) is 2. The standard InChI is InChI=1S/C21H16ClN3O2/c1-13-17(11-19(27-13)15-7-9-16(22)10-8-15)21(26)23-20-12-18(24-25-20)14-5-3-2-4-6-14/h2-12H,1H3,(H2,23,24,25,26). The first-order chi connectivity index (χ1) is 13.1. The van der Waals surface area contributed by atoms with Gasteiger partial charge in [0.2, 0.25) is 0 Å². The Morgan fingerprint density at radius 1 is 1.04 bits per heavy atom. The van der Waals surface area contributed by atoms with Gasteiger partial charge in [-0.2, -0.15) is 5.10 Å². The smallest absolute Gasteiger partial charge is 0.260 e. The summed E-state index contributed by atoms with van der Waals surface area (Å²) >= 11 is 5.92. The van der Waals surface area contributed by atoms with Crippen LogP contribution in [0.4, 0.5) is 5.82 Å². The molecule has 0 atom stereocenters. The summed E-state index contributed by atoms with van der Waals surface area (Å²) in [5.74, 6) is 1.33. The van der Waals surface area contributed by atoms with E-state index < -0.39 is 0 Å². The molecule has 1 amide bonds. The number of benzene rings is 2. The fraction of sp³-hybridized carbons (Fsp3) is 0.0476. The van der Waals surface area contributed by atoms with Crippen molar-refractivity contribution < 1.29 is 9.21 Å². The number of hydrogen-bond acceptors (Lipinski definition) is 3. The van der Waals surface area contributed by atoms with Gasteiger partial charge in [0.1, 0.15) is 11.5 Å². The summed E-state index contributed by atoms with van der Waals surface area (Å²) < 4.78 is 5.74. The Morgan fingerprint density at radius 2 is 1.78 bits per heavy atom. The van der Waals surface area contributed by atoms with Crippen molar-refractivity contribution in [2.75, 3.05) is 5.32 Å². The molecule has 4 aromatic rings. The molecule has 0 aliphatic rings. The van der Waals surface area contributed by atoms with Crippen molar-refractivity contribution in [2.24, 2.45) is 0 Å². The number of carbonyl (C=O) groups excluding carboxylic acids is 1. The summed E-state index contributed by atoms with van der Waals surface area (Å²) in [6.07, 6.45) is 0. The van der Waals surface area contributed by atoms with E-state index in [2.05, 4.69) is 15.5 Å². The number of rotatable bonds is 4. The van der Waals surface area contributed by atoms with Gasteiger partial charge >= 0.3 is 0 Å². The minimum atomic E-state index is -0.275. The molecule has 0 saturated heterocycles. The van der Waals surface area contributed by atoms with E-state index in [1.165, 1.54) is 0 Å². The number of aromatic amines is 1. The minimum Gasteiger partial charge on any atom is -0.461 e. The molecule has 0 bridgehead atoms. The molecular weight excluding hydrogens is 362 g/mol. The fourth-order valence-corrected chi connectivity index (χ4v) is 2.92. The molecule has 0 fully saturated rings. The maximum atomic E-state index is 12.6. The number of amides is 1. The Bertz CT molecular complexity index is 1080. The Kier molecular flexibility index (Phi) is 4.52. The van der Waals surface area contributed by atoms with E-state index in [1.807, 2.05) is 42.5 Å². The van der Waals surface area contributed by atoms with Gasteiger partial charge in [-0.25, -0.2) is 0 Å². The number of nitrogens with one attached hydrogen (secondary N) is 2. The van der Waals surface area contributed by atoms with Gasteiger partial charge in [0.05, 0.1) is 11.3 Å². The van der Waals surface area contributed by atoms with E-state index in [0.717, 1.165) is 16.8 Å². The van der Waals surface area contributed by atoms with Crippen LogP contribution in [0.15, 0.2) is 71.1 Å². The third-order valence-electron chi connectivity index (χ3n) is 4.20. The number of aromatic nitrogens is 2. The normalized spacial score (nSPS) is 10.7. The van der Waals surface area contributed by atoms with Gasteiger partial charge in [-0.15, -0.1) is 0 Å². The maximum absolute atomic E-state index is 12.6. The highest BCUT2D eigenvalue weighted by molar-refractivity contribution is 6.30. The second-order valence-electron chi connectivity index (χ2n) is 6.07. The second kappa shape index (κ2) is 7.13. The van der Waals surface area contributed by atoms with Crippen molar-refractivity contribution in [2.45, 2.75) is 6.92 Å². The van der Waals surface area contributed by atoms with Crippen LogP contribution in [0, 0.1) is 6.92 Å². The topological polar surface area (TPSA) is 70.9 Å². The van der Waals surface area contributed by atoms with Crippen LogP contribution < -0.4 is 5.32 Å². The third kappa shape index (κ3) is 3.64. The van der Waals surface area contributed by atoms with E-state index in [-0.39, 0.29) is 5.91 Å². The first kappa shape index (κ1) is 17.1. The van der Waals surface area contributed by atoms with Crippen molar-refractivity contribution in [3.8, 4) is 22.6 Å². The molecule has 2 N–H and O–H groups in total. The average molecular weight is 378 g/mol. The molecular formula is C21H16ClN3O2. The molecule has 0 unspecified atom stereocenters. The molecule has 5 nitrogen and oxygen atoms in total. The van der Waals surface area contributed by atoms with Gasteiger partial charge in [0.25, 0.3) is 5.91 Å². The highest BCUT2D eigenvalue weighted by Crippen LogP contribution is 2.27. The number of H-pyrrole nitrogens is 1. The fourth-order valence-electron chi connectivity index (χ4n) is 2.80. The molecule has 0 aliphatic heterocycles. The lowest BCUT2D eigenvalue weighted by Gasteiger charge is -1.99. The van der Waals surface area contributed by atoms with Crippen molar-refractivity contribution in [1.29, 1.82) is 0 Å². The molecule has 2 aromatic heterocycles. The van der Waals surface area contributed by atoms with Crippen molar-refractivity contribution in [3.63, 3.8) is 0 Å². The number of nitrogens with zero attached hydrogens (tertiary/aromatic N) is 1. The molecule has 4 rings (SSSR count). The molecule has 0 spiro atoms. The van der Waals surface area contributed by atoms with Crippen molar-refractivity contribution >= 4 is 23.3 Å². The monoisotopic (exact) mass is 377 g/mol. The molecule has 0 saturated carbocycles. The Hall–Kier alpha value is -3.31. The largest absolute Gasteiger partial charge is 0.461 e. The van der Waals surface area contributed by atoms with Gasteiger partial charge < -0.3 is 9.73 Å². The van der Waals surface area contributed by atoms with E-state index >= 15 is 0 Å². The summed E-state index contributed by atoms with van der Waals surface area (Å²) in [7, 11) is 0. The van der Waals surface area contributed by atoms with E-state index in [1.54, 1.807) is 31.2 Å². The predicted octanol–water partition coefficient (Wildman–Crippen LogP) is 5.55. The van der Waals surface area contributed by atoms with Gasteiger partial charge in [-0.1, -0.05) is 41.9 Å². The summed E-state index contributed by atoms with van der Waals surface area (Å²) in [4.78, 5) is 12.6. The first-order valence-corrected chi connectivity index (χ1v) is 8.76. The highest BCUT2D eigenvalue weighted by Gasteiger charge is 2.17. The second-order valence-corrected chi connectivity index (χ2v) is 6.51. The molecule has 6 heteroatoms. The summed E-state index contributed by atoms with van der Waals surface area (Å²) in [6.45, 7) is 1.76. The quantitative estimate of drug-likeness (QED) is 0.489. The lowest BCUT2D eigenvalue weighted by molar-refractivity contribution is 0.102. The first-order valence-electron chi connectivity index (χ1n) is 8.39. The number of aryl methyl sites for hydroxylation is 1. The molecule has 0 aliphatic carbocycles. The van der Waals surface area contributed by atoms with Crippen LogP contribution >= 0.6 is 11.6 Å². The van der Waals surface area contributed by atoms with Crippen molar-refractivity contribution in [3.05, 3.63) is 83.1 Å². The molecule has 2 heterocycles. The van der Waals surface area contributed by atoms with E-state index in [0.29, 0.717) is 27.9 Å². The number of anilines is 1. The number of halogens is 1. The number of furan rings is 1. The van der Waals surface area contributed by atoms with Crippen LogP contribution in [0.25, 0.3) is 22.6 Å². The van der Waals surface area contributed by atoms with Crippen LogP contribution in [0.3, 0.4) is 0 Å². The lowest BCUT2D eigenvalue weighted by atomic mass is 10.1. The minimum absolute atomic E-state index is 0.275. The maximum Gasteiger partial charge on any atom is 0.260 e. The predicted molar refractivity (Wildman–Crippen MR) is 106 cm³/mol. The third-order valence-corrected chi connectivity index (χ3v) is 4.45. The summed E-state index contributed by atoms with van der Waals surface area (Å²) in [6, 6.07) is 20.6. The zero-order chi connectivity index (χ0) is 18.8. The van der Waals surface area contributed by atoms with Gasteiger partial charge in [-0.05, 0) is 42.8 Å². The SMILES string of the molecule is Cc1oc(-c2ccc(Cl)cc2)cc1C(=O)Nc1cc(-c2ccccc2)[nH]n1. The summed E-state index contributed by atoms with van der Waals surface area (Å²) in [5, 5.41) is 10.5. The molecule has 2 aromatic carbocycles. The average Bonchev–Trinajstić information content (AvgIpc) is 3.30. The Balaban J connectivity index is 1.54. The lowest BCUT2D eigenvalue weighted by Crippen LogP contribution is -2.12. The zero-order valence-electron chi connectivity index (χ0n) is 14.5. The van der Waals surface area contributed by atoms with Crippen LogP contribution in [-0.4, -0.2) is 16.1 Å². The zero-order valence-corrected chi connectivity index (χ0v) is 15.2. The molecule has 27 heavy (non-hydrogen) atoms. The Morgan fingerprint density at radius 3 is 2.52 bits per heavy atom. The summed E-state index contributed by atoms with van der Waals surface area (Å²) in [5.41, 5.74) is 3.14. The van der Waals surface area contributed by atoms with Gasteiger partial charge in [-0.3, -0.25) is 9.89 Å².